The fraction of sp³-hybridized carbons (Fsp3) is 0.308. The summed E-state index contributed by atoms with van der Waals surface area (Å²) in [5.41, 5.74) is 12.9. The molecule has 0 amide bonds. The van der Waals surface area contributed by atoms with Gasteiger partial charge in [0, 0.05) is 42.6 Å². The van der Waals surface area contributed by atoms with Gasteiger partial charge in [-0.1, -0.05) is 23.7 Å². The Balaban J connectivity index is 1.43. The Hall–Kier alpha value is -3.58. The molecule has 3 aromatic rings. The lowest BCUT2D eigenvalue weighted by Gasteiger charge is -2.23. The molecular formula is C26H26ClFN8. The second kappa shape index (κ2) is 9.47. The summed E-state index contributed by atoms with van der Waals surface area (Å²) < 4.78 is 23.3. The predicted octanol–water partition coefficient (Wildman–Crippen LogP) is 4.80. The minimum Gasteiger partial charge on any atom is -0.373 e. The van der Waals surface area contributed by atoms with Crippen LogP contribution in [-0.4, -0.2) is 34.1 Å². The lowest BCUT2D eigenvalue weighted by Crippen LogP contribution is -2.38. The van der Waals surface area contributed by atoms with E-state index in [2.05, 4.69) is 37.8 Å². The fourth-order valence-electron chi connectivity index (χ4n) is 4.58. The lowest BCUT2D eigenvalue weighted by molar-refractivity contribution is 0.260. The van der Waals surface area contributed by atoms with Crippen molar-refractivity contribution in [1.29, 1.82) is 5.26 Å². The first-order valence-electron chi connectivity index (χ1n) is 12.5. The van der Waals surface area contributed by atoms with Gasteiger partial charge in [0.05, 0.1) is 34.9 Å². The maximum Gasteiger partial charge on any atom is 0.123 e. The van der Waals surface area contributed by atoms with E-state index < -0.39 is 6.02 Å². The van der Waals surface area contributed by atoms with Crippen LogP contribution in [0.1, 0.15) is 44.2 Å². The first-order chi connectivity index (χ1) is 17.9. The van der Waals surface area contributed by atoms with Gasteiger partial charge in [0.25, 0.3) is 0 Å². The van der Waals surface area contributed by atoms with Crippen molar-refractivity contribution in [3.63, 3.8) is 0 Å². The van der Waals surface area contributed by atoms with Crippen molar-refractivity contribution < 1.29 is 5.76 Å². The zero-order chi connectivity index (χ0) is 25.6. The van der Waals surface area contributed by atoms with Crippen LogP contribution in [0.15, 0.2) is 54.5 Å². The van der Waals surface area contributed by atoms with Crippen LogP contribution in [0.3, 0.4) is 0 Å². The third-order valence-corrected chi connectivity index (χ3v) is 6.91. The van der Waals surface area contributed by atoms with E-state index in [1.165, 1.54) is 18.3 Å². The van der Waals surface area contributed by atoms with E-state index in [9.17, 15) is 11.0 Å². The maximum atomic E-state index is 13.8. The van der Waals surface area contributed by atoms with Gasteiger partial charge in [-0.25, -0.2) is 9.40 Å². The van der Waals surface area contributed by atoms with Gasteiger partial charge in [0.1, 0.15) is 11.9 Å². The molecule has 1 aliphatic carbocycles. The van der Waals surface area contributed by atoms with Gasteiger partial charge in [-0.3, -0.25) is 9.99 Å². The highest BCUT2D eigenvalue weighted by molar-refractivity contribution is 6.35. The van der Waals surface area contributed by atoms with Crippen LogP contribution in [0.4, 0.5) is 15.8 Å². The van der Waals surface area contributed by atoms with Gasteiger partial charge in [0.15, 0.2) is 0 Å². The maximum absolute atomic E-state index is 13.8. The van der Waals surface area contributed by atoms with E-state index >= 15 is 0 Å². The highest BCUT2D eigenvalue weighted by Crippen LogP contribution is 2.37. The van der Waals surface area contributed by atoms with E-state index in [1.807, 2.05) is 17.3 Å². The van der Waals surface area contributed by atoms with Crippen molar-refractivity contribution in [2.24, 2.45) is 0 Å². The Morgan fingerprint density at radius 3 is 2.72 bits per heavy atom. The molecule has 2 aliphatic heterocycles. The molecule has 0 bridgehead atoms. The van der Waals surface area contributed by atoms with Gasteiger partial charge >= 0.3 is 0 Å². The first kappa shape index (κ1) is 21.7. The Bertz CT molecular complexity index is 1410. The average Bonchev–Trinajstić information content (AvgIpc) is 3.38. The van der Waals surface area contributed by atoms with Gasteiger partial charge in [-0.2, -0.15) is 5.26 Å². The smallest absolute Gasteiger partial charge is 0.123 e. The van der Waals surface area contributed by atoms with Crippen molar-refractivity contribution in [3.8, 4) is 6.07 Å². The minimum atomic E-state index is -1.50. The number of rotatable bonds is 7. The van der Waals surface area contributed by atoms with Crippen LogP contribution >= 0.6 is 11.6 Å². The fourth-order valence-corrected chi connectivity index (χ4v) is 4.85. The molecule has 4 N–H and O–H groups in total. The van der Waals surface area contributed by atoms with Crippen LogP contribution in [0.2, 0.25) is 5.02 Å². The van der Waals surface area contributed by atoms with E-state index in [0.717, 1.165) is 38.8 Å². The molecule has 0 spiro atoms. The van der Waals surface area contributed by atoms with Gasteiger partial charge < -0.3 is 16.2 Å². The number of fused-ring (bicyclic) bond motifs is 1. The quantitative estimate of drug-likeness (QED) is 0.364. The summed E-state index contributed by atoms with van der Waals surface area (Å²) in [6.45, 7) is 1.76. The number of aromatic nitrogens is 1. The second-order valence-electron chi connectivity index (χ2n) is 9.24. The number of halogens is 2. The van der Waals surface area contributed by atoms with Crippen molar-refractivity contribution in [2.45, 2.75) is 37.7 Å². The highest BCUT2D eigenvalue weighted by atomic mass is 35.5. The number of hydrazine groups is 3. The highest BCUT2D eigenvalue weighted by Gasteiger charge is 2.32. The molecule has 0 radical (unpaired) electrons. The molecule has 2 fully saturated rings. The summed E-state index contributed by atoms with van der Waals surface area (Å²) in [6, 6.07) is 10.6. The molecule has 1 saturated carbocycles. The second-order valence-corrected chi connectivity index (χ2v) is 9.65. The third-order valence-electron chi connectivity index (χ3n) is 6.62. The van der Waals surface area contributed by atoms with Gasteiger partial charge in [-0.05, 0) is 55.5 Å². The third kappa shape index (κ3) is 4.51. The number of hydrogen-bond donors (Lipinski definition) is 4. The SMILES string of the molecule is [2H][C@@](Nc1cc(Cl)c2ncc(C#N)c(NN3CCCC3)c2c1)(C1=CN(C2CC2)NN1)c1ccc(F)cc1. The topological polar surface area (TPSA) is 91.3 Å². The predicted molar refractivity (Wildman–Crippen MR) is 138 cm³/mol. The number of nitriles is 1. The number of benzene rings is 2. The molecule has 36 heavy (non-hydrogen) atoms. The number of nitrogens with zero attached hydrogens (tertiary/aromatic N) is 4. The number of nitrogens with one attached hydrogen (secondary N) is 4. The zero-order valence-electron chi connectivity index (χ0n) is 20.5. The molecule has 8 nitrogen and oxygen atoms in total. The van der Waals surface area contributed by atoms with E-state index in [1.54, 1.807) is 18.2 Å². The summed E-state index contributed by atoms with van der Waals surface area (Å²) in [7, 11) is 0. The van der Waals surface area contributed by atoms with Crippen molar-refractivity contribution in [1.82, 2.24) is 26.0 Å². The largest absolute Gasteiger partial charge is 0.373 e. The molecule has 0 unspecified atom stereocenters. The summed E-state index contributed by atoms with van der Waals surface area (Å²) in [5, 5.41) is 18.2. The zero-order valence-corrected chi connectivity index (χ0v) is 20.2. The Labute approximate surface area is 215 Å². The van der Waals surface area contributed by atoms with Crippen molar-refractivity contribution in [3.05, 3.63) is 76.5 Å². The molecule has 3 aliphatic rings. The summed E-state index contributed by atoms with van der Waals surface area (Å²) in [5.74, 6) is -0.376. The molecule has 6 rings (SSSR count). The number of hydrogen-bond acceptors (Lipinski definition) is 8. The average molecular weight is 506 g/mol. The normalized spacial score (nSPS) is 19.9. The van der Waals surface area contributed by atoms with E-state index in [0.29, 0.717) is 50.2 Å². The molecule has 184 valence electrons. The van der Waals surface area contributed by atoms with Gasteiger partial charge in [-0.15, -0.1) is 5.53 Å². The summed E-state index contributed by atoms with van der Waals surface area (Å²) >= 11 is 6.69. The van der Waals surface area contributed by atoms with Crippen LogP contribution in [0.25, 0.3) is 10.9 Å². The lowest BCUT2D eigenvalue weighted by atomic mass is 10.0. The van der Waals surface area contributed by atoms with E-state index in [4.69, 9.17) is 11.6 Å². The van der Waals surface area contributed by atoms with Crippen LogP contribution < -0.4 is 21.7 Å². The number of pyridine rings is 1. The Morgan fingerprint density at radius 2 is 2.00 bits per heavy atom. The van der Waals surface area contributed by atoms with Crippen molar-refractivity contribution in [2.75, 3.05) is 23.8 Å². The summed E-state index contributed by atoms with van der Waals surface area (Å²) in [4.78, 5) is 4.44. The molecule has 3 heterocycles. The Kier molecular flexibility index (Phi) is 5.70. The molecular weight excluding hydrogens is 479 g/mol. The molecule has 1 aromatic heterocycles. The van der Waals surface area contributed by atoms with Crippen LogP contribution in [0.5, 0.6) is 0 Å². The van der Waals surface area contributed by atoms with Gasteiger partial charge in [0.2, 0.25) is 0 Å². The molecule has 1 saturated heterocycles. The van der Waals surface area contributed by atoms with Crippen molar-refractivity contribution >= 4 is 33.9 Å². The minimum absolute atomic E-state index is 0.376. The van der Waals surface area contributed by atoms with E-state index in [-0.39, 0.29) is 5.82 Å². The number of anilines is 2. The van der Waals surface area contributed by atoms with Crippen LogP contribution in [-0.2, 0) is 0 Å². The monoisotopic (exact) mass is 505 g/mol. The van der Waals surface area contributed by atoms with Crippen LogP contribution in [0, 0.1) is 17.1 Å². The summed E-state index contributed by atoms with van der Waals surface area (Å²) in [6.07, 6.45) is 7.72. The molecule has 2 aromatic carbocycles. The Morgan fingerprint density at radius 1 is 1.22 bits per heavy atom. The first-order valence-corrected chi connectivity index (χ1v) is 12.4. The standard InChI is InChI=1S/C26H26ClFN8/c27-22-12-19(11-21-24(33-35-9-1-2-10-35)17(13-29)14-30-26(21)22)31-25(16-3-5-18(28)6-4-16)23-15-36(34-32-23)20-7-8-20/h3-6,11-12,14-15,20,25,31-32,34H,1-2,7-10H2,(H,30,33)/t25-/m0/s1/i25D. The molecule has 10 heteroatoms. The molecule has 1 atom stereocenters.